The van der Waals surface area contributed by atoms with Crippen LogP contribution in [0.3, 0.4) is 0 Å². The van der Waals surface area contributed by atoms with E-state index < -0.39 is 6.36 Å². The number of nitrogens with zero attached hydrogens (tertiary/aromatic N) is 1. The van der Waals surface area contributed by atoms with Crippen molar-refractivity contribution < 1.29 is 17.9 Å². The number of benzene rings is 1. The quantitative estimate of drug-likeness (QED) is 0.833. The molecule has 2 aliphatic rings. The van der Waals surface area contributed by atoms with Gasteiger partial charge in [0.15, 0.2) is 0 Å². The van der Waals surface area contributed by atoms with Crippen LogP contribution in [0.5, 0.6) is 5.75 Å². The fraction of sp³-hybridized carbons (Fsp3) is 0.500. The molecule has 21 heavy (non-hydrogen) atoms. The van der Waals surface area contributed by atoms with Crippen molar-refractivity contribution in [1.29, 1.82) is 0 Å². The molecule has 2 unspecified atom stereocenters. The van der Waals surface area contributed by atoms with Gasteiger partial charge in [0.25, 0.3) is 0 Å². The first-order valence-corrected chi connectivity index (χ1v) is 7.17. The molecule has 1 heterocycles. The summed E-state index contributed by atoms with van der Waals surface area (Å²) in [6, 6.07) is 7.07. The SMILES string of the molecule is CC(C)N1CC2C=C(c3ccc(OC(F)(F)F)cc3)C1C2. The highest BCUT2D eigenvalue weighted by molar-refractivity contribution is 5.73. The lowest BCUT2D eigenvalue weighted by Crippen LogP contribution is -2.37. The molecule has 1 aromatic carbocycles. The minimum absolute atomic E-state index is 0.171. The predicted octanol–water partition coefficient (Wildman–Crippen LogP) is 4.08. The van der Waals surface area contributed by atoms with Crippen molar-refractivity contribution in [1.82, 2.24) is 4.90 Å². The Morgan fingerprint density at radius 3 is 2.38 bits per heavy atom. The largest absolute Gasteiger partial charge is 0.573 e. The van der Waals surface area contributed by atoms with E-state index in [9.17, 15) is 13.2 Å². The van der Waals surface area contributed by atoms with E-state index in [0.29, 0.717) is 18.0 Å². The molecule has 1 aromatic rings. The van der Waals surface area contributed by atoms with E-state index in [0.717, 1.165) is 18.5 Å². The van der Waals surface area contributed by atoms with Gasteiger partial charge in [-0.05, 0) is 49.5 Å². The van der Waals surface area contributed by atoms with Crippen LogP contribution >= 0.6 is 0 Å². The lowest BCUT2D eigenvalue weighted by atomic mass is 9.99. The van der Waals surface area contributed by atoms with Crippen molar-refractivity contribution >= 4 is 5.57 Å². The van der Waals surface area contributed by atoms with E-state index in [2.05, 4.69) is 29.6 Å². The summed E-state index contributed by atoms with van der Waals surface area (Å²) in [5.74, 6) is 0.397. The van der Waals surface area contributed by atoms with Gasteiger partial charge in [0.1, 0.15) is 5.75 Å². The molecule has 0 saturated carbocycles. The third kappa shape index (κ3) is 2.93. The van der Waals surface area contributed by atoms with E-state index in [1.807, 2.05) is 0 Å². The van der Waals surface area contributed by atoms with Gasteiger partial charge in [0.2, 0.25) is 0 Å². The lowest BCUT2D eigenvalue weighted by molar-refractivity contribution is -0.274. The van der Waals surface area contributed by atoms with Crippen LogP contribution < -0.4 is 4.74 Å². The van der Waals surface area contributed by atoms with Gasteiger partial charge in [-0.15, -0.1) is 13.2 Å². The van der Waals surface area contributed by atoms with Gasteiger partial charge in [-0.3, -0.25) is 4.90 Å². The highest BCUT2D eigenvalue weighted by Gasteiger charge is 2.40. The van der Waals surface area contributed by atoms with Gasteiger partial charge in [0, 0.05) is 18.6 Å². The number of hydrogen-bond acceptors (Lipinski definition) is 2. The first-order chi connectivity index (χ1) is 9.83. The Morgan fingerprint density at radius 2 is 1.86 bits per heavy atom. The average molecular weight is 297 g/mol. The third-order valence-corrected chi connectivity index (χ3v) is 4.23. The fourth-order valence-corrected chi connectivity index (χ4v) is 3.39. The topological polar surface area (TPSA) is 12.5 Å². The van der Waals surface area contributed by atoms with Crippen LogP contribution in [-0.4, -0.2) is 29.9 Å². The maximum absolute atomic E-state index is 12.2. The summed E-state index contributed by atoms with van der Waals surface area (Å²) in [6.07, 6.45) is -1.25. The average Bonchev–Trinajstić information content (AvgIpc) is 2.97. The second-order valence-corrected chi connectivity index (χ2v) is 6.00. The molecule has 0 radical (unpaired) electrons. The van der Waals surface area contributed by atoms with Crippen molar-refractivity contribution in [2.24, 2.45) is 5.92 Å². The van der Waals surface area contributed by atoms with E-state index in [1.165, 1.54) is 17.7 Å². The van der Waals surface area contributed by atoms with Crippen molar-refractivity contribution in [3.05, 3.63) is 35.9 Å². The van der Waals surface area contributed by atoms with Gasteiger partial charge in [-0.25, -0.2) is 0 Å². The van der Waals surface area contributed by atoms with Crippen molar-refractivity contribution in [2.45, 2.75) is 38.7 Å². The van der Waals surface area contributed by atoms with Crippen molar-refractivity contribution in [3.8, 4) is 5.75 Å². The first-order valence-electron chi connectivity index (χ1n) is 7.17. The molecular weight excluding hydrogens is 279 g/mol. The van der Waals surface area contributed by atoms with Crippen LogP contribution in [-0.2, 0) is 0 Å². The Kier molecular flexibility index (Phi) is 3.48. The van der Waals surface area contributed by atoms with Crippen LogP contribution in [0.4, 0.5) is 13.2 Å². The number of rotatable bonds is 3. The molecule has 0 spiro atoms. The molecule has 1 fully saturated rings. The summed E-state index contributed by atoms with van der Waals surface area (Å²) in [4.78, 5) is 2.46. The molecule has 0 amide bonds. The van der Waals surface area contributed by atoms with Crippen molar-refractivity contribution in [3.63, 3.8) is 0 Å². The second-order valence-electron chi connectivity index (χ2n) is 6.00. The fourth-order valence-electron chi connectivity index (χ4n) is 3.39. The summed E-state index contributed by atoms with van der Waals surface area (Å²) in [5, 5.41) is 0. The van der Waals surface area contributed by atoms with Gasteiger partial charge in [-0.2, -0.15) is 0 Å². The van der Waals surface area contributed by atoms with E-state index in [1.54, 1.807) is 12.1 Å². The Hall–Kier alpha value is -1.49. The molecule has 1 aliphatic heterocycles. The molecular formula is C16H18F3NO. The predicted molar refractivity (Wildman–Crippen MR) is 74.8 cm³/mol. The summed E-state index contributed by atoms with van der Waals surface area (Å²) in [6.45, 7) is 5.44. The van der Waals surface area contributed by atoms with E-state index >= 15 is 0 Å². The monoisotopic (exact) mass is 297 g/mol. The maximum atomic E-state index is 12.2. The lowest BCUT2D eigenvalue weighted by Gasteiger charge is -2.31. The first kappa shape index (κ1) is 14.4. The highest BCUT2D eigenvalue weighted by atomic mass is 19.4. The summed E-state index contributed by atoms with van der Waals surface area (Å²) in [5.41, 5.74) is 2.22. The Labute approximate surface area is 122 Å². The number of fused-ring (bicyclic) bond motifs is 2. The molecule has 3 rings (SSSR count). The number of hydrogen-bond donors (Lipinski definition) is 0. The van der Waals surface area contributed by atoms with Gasteiger partial charge >= 0.3 is 6.36 Å². The molecule has 1 aliphatic carbocycles. The molecule has 2 atom stereocenters. The molecule has 0 aromatic heterocycles. The minimum Gasteiger partial charge on any atom is -0.406 e. The Bertz CT molecular complexity index is 548. The number of likely N-dealkylation sites (tertiary alicyclic amines) is 1. The maximum Gasteiger partial charge on any atom is 0.573 e. The normalized spacial score (nSPS) is 25.5. The standard InChI is InChI=1S/C16H18F3NO/c1-10(2)20-9-11-7-14(15(20)8-11)12-3-5-13(6-4-12)21-16(17,18)19/h3-7,10-11,15H,8-9H2,1-2H3. The van der Waals surface area contributed by atoms with Crippen LogP contribution in [0.25, 0.3) is 5.57 Å². The summed E-state index contributed by atoms with van der Waals surface area (Å²) >= 11 is 0. The van der Waals surface area contributed by atoms with Gasteiger partial charge < -0.3 is 4.74 Å². The zero-order valence-corrected chi connectivity index (χ0v) is 12.0. The number of ether oxygens (including phenoxy) is 1. The van der Waals surface area contributed by atoms with Crippen LogP contribution in [0.2, 0.25) is 0 Å². The Morgan fingerprint density at radius 1 is 1.19 bits per heavy atom. The number of halogens is 3. The summed E-state index contributed by atoms with van der Waals surface area (Å²) in [7, 11) is 0. The molecule has 1 saturated heterocycles. The second kappa shape index (κ2) is 5.05. The van der Waals surface area contributed by atoms with Crippen LogP contribution in [0.1, 0.15) is 25.8 Å². The molecule has 114 valence electrons. The van der Waals surface area contributed by atoms with Crippen molar-refractivity contribution in [2.75, 3.05) is 6.54 Å². The van der Waals surface area contributed by atoms with Gasteiger partial charge in [0.05, 0.1) is 0 Å². The smallest absolute Gasteiger partial charge is 0.406 e. The minimum atomic E-state index is -4.64. The van der Waals surface area contributed by atoms with E-state index in [-0.39, 0.29) is 5.75 Å². The van der Waals surface area contributed by atoms with Crippen LogP contribution in [0, 0.1) is 5.92 Å². The molecule has 2 bridgehead atoms. The van der Waals surface area contributed by atoms with Crippen LogP contribution in [0.15, 0.2) is 30.3 Å². The molecule has 0 N–H and O–H groups in total. The molecule has 5 heteroatoms. The Balaban J connectivity index is 1.78. The summed E-state index contributed by atoms with van der Waals surface area (Å²) < 4.78 is 40.4. The number of alkyl halides is 3. The zero-order valence-electron chi connectivity index (χ0n) is 12.0. The van der Waals surface area contributed by atoms with Gasteiger partial charge in [-0.1, -0.05) is 18.2 Å². The zero-order chi connectivity index (χ0) is 15.2. The highest BCUT2D eigenvalue weighted by Crippen LogP contribution is 2.42. The third-order valence-electron chi connectivity index (χ3n) is 4.23. The molecule has 2 nitrogen and oxygen atoms in total. The van der Waals surface area contributed by atoms with E-state index in [4.69, 9.17) is 0 Å².